The molecule has 8 heteroatoms. The quantitative estimate of drug-likeness (QED) is 0.504. The van der Waals surface area contributed by atoms with Gasteiger partial charge in [-0.3, -0.25) is 19.9 Å². The van der Waals surface area contributed by atoms with Crippen LogP contribution in [0.1, 0.15) is 27.0 Å². The highest BCUT2D eigenvalue weighted by molar-refractivity contribution is 7.14. The minimum atomic E-state index is -0.440. The van der Waals surface area contributed by atoms with E-state index in [1.165, 1.54) is 40.3 Å². The van der Waals surface area contributed by atoms with Gasteiger partial charge in [0.05, 0.1) is 12.2 Å². The molecule has 1 N–H and O–H groups in total. The number of benzene rings is 1. The number of pyridine rings is 2. The number of hydrogen-bond acceptors (Lipinski definition) is 5. The molecule has 0 aliphatic heterocycles. The van der Waals surface area contributed by atoms with Gasteiger partial charge in [-0.1, -0.05) is 18.2 Å². The van der Waals surface area contributed by atoms with Crippen molar-refractivity contribution < 1.29 is 9.18 Å². The van der Waals surface area contributed by atoms with Crippen LogP contribution in [0, 0.1) is 19.7 Å². The summed E-state index contributed by atoms with van der Waals surface area (Å²) in [6.45, 7) is 4.07. The van der Waals surface area contributed by atoms with Gasteiger partial charge in [-0.2, -0.15) is 0 Å². The zero-order valence-electron chi connectivity index (χ0n) is 16.9. The molecule has 0 unspecified atom stereocenters. The maximum Gasteiger partial charge on any atom is 0.257 e. The largest absolute Gasteiger partial charge is 0.311 e. The number of halogens is 1. The van der Waals surface area contributed by atoms with Crippen LogP contribution in [-0.2, 0) is 6.54 Å². The van der Waals surface area contributed by atoms with E-state index in [1.54, 1.807) is 24.4 Å². The van der Waals surface area contributed by atoms with Crippen LogP contribution in [0.2, 0.25) is 0 Å². The topological polar surface area (TPSA) is 76.9 Å². The number of amides is 1. The number of rotatable bonds is 5. The summed E-state index contributed by atoms with van der Waals surface area (Å²) in [5, 5.41) is 4.97. The van der Waals surface area contributed by atoms with Gasteiger partial charge in [0, 0.05) is 35.0 Å². The first-order valence-electron chi connectivity index (χ1n) is 9.56. The van der Waals surface area contributed by atoms with E-state index in [9.17, 15) is 14.0 Å². The lowest BCUT2D eigenvalue weighted by atomic mass is 10.1. The maximum absolute atomic E-state index is 13.8. The summed E-state index contributed by atoms with van der Waals surface area (Å²) in [6.07, 6.45) is 3.21. The van der Waals surface area contributed by atoms with Crippen LogP contribution < -0.4 is 10.9 Å². The van der Waals surface area contributed by atoms with Gasteiger partial charge in [-0.15, -0.1) is 11.3 Å². The van der Waals surface area contributed by atoms with E-state index in [0.717, 1.165) is 16.8 Å². The van der Waals surface area contributed by atoms with Crippen molar-refractivity contribution in [3.8, 4) is 11.4 Å². The molecule has 1 amide bonds. The number of anilines is 1. The average molecular weight is 434 g/mol. The van der Waals surface area contributed by atoms with Crippen LogP contribution >= 0.6 is 11.3 Å². The Labute approximate surface area is 182 Å². The van der Waals surface area contributed by atoms with Gasteiger partial charge < -0.3 is 4.57 Å². The zero-order valence-corrected chi connectivity index (χ0v) is 17.7. The van der Waals surface area contributed by atoms with Crippen LogP contribution in [-0.4, -0.2) is 20.4 Å². The van der Waals surface area contributed by atoms with Crippen molar-refractivity contribution >= 4 is 22.4 Å². The Morgan fingerprint density at radius 2 is 2.00 bits per heavy atom. The third-order valence-electron chi connectivity index (χ3n) is 5.00. The van der Waals surface area contributed by atoms with Gasteiger partial charge in [-0.25, -0.2) is 9.37 Å². The second-order valence-electron chi connectivity index (χ2n) is 7.07. The Kier molecular flexibility index (Phi) is 5.73. The number of nitrogens with one attached hydrogen (secondary N) is 1. The van der Waals surface area contributed by atoms with Crippen molar-refractivity contribution in [2.45, 2.75) is 20.4 Å². The minimum Gasteiger partial charge on any atom is -0.311 e. The van der Waals surface area contributed by atoms with Gasteiger partial charge in [0.1, 0.15) is 11.5 Å². The lowest BCUT2D eigenvalue weighted by Gasteiger charge is -2.08. The first kappa shape index (κ1) is 20.6. The highest BCUT2D eigenvalue weighted by Crippen LogP contribution is 2.27. The highest BCUT2D eigenvalue weighted by atomic mass is 32.1. The molecule has 6 nitrogen and oxygen atoms in total. The fourth-order valence-electron chi connectivity index (χ4n) is 3.09. The lowest BCUT2D eigenvalue weighted by molar-refractivity contribution is 0.102. The van der Waals surface area contributed by atoms with Crippen LogP contribution in [0.5, 0.6) is 0 Å². The van der Waals surface area contributed by atoms with Gasteiger partial charge in [-0.05, 0) is 43.2 Å². The van der Waals surface area contributed by atoms with Crippen molar-refractivity contribution in [2.75, 3.05) is 5.32 Å². The molecule has 0 fully saturated rings. The average Bonchev–Trinajstić information content (AvgIpc) is 3.21. The molecular weight excluding hydrogens is 415 g/mol. The Morgan fingerprint density at radius 3 is 2.77 bits per heavy atom. The van der Waals surface area contributed by atoms with Crippen LogP contribution in [0.3, 0.4) is 0 Å². The van der Waals surface area contributed by atoms with E-state index in [1.807, 2.05) is 25.3 Å². The summed E-state index contributed by atoms with van der Waals surface area (Å²) >= 11 is 1.28. The Bertz CT molecular complexity index is 1330. The predicted octanol–water partition coefficient (Wildman–Crippen LogP) is 4.42. The molecule has 0 radical (unpaired) electrons. The summed E-state index contributed by atoms with van der Waals surface area (Å²) < 4.78 is 15.2. The summed E-state index contributed by atoms with van der Waals surface area (Å²) in [5.74, 6) is -0.820. The monoisotopic (exact) mass is 434 g/mol. The second kappa shape index (κ2) is 8.61. The number of nitrogens with zero attached hydrogens (tertiary/aromatic N) is 3. The third-order valence-corrected chi connectivity index (χ3v) is 5.76. The van der Waals surface area contributed by atoms with Crippen LogP contribution in [0.15, 0.2) is 65.0 Å². The molecular formula is C23H19FN4O2S. The number of hydrogen-bond donors (Lipinski definition) is 1. The molecule has 4 rings (SSSR count). The van der Waals surface area contributed by atoms with E-state index < -0.39 is 11.5 Å². The molecule has 3 aromatic heterocycles. The molecule has 0 aliphatic carbocycles. The molecule has 0 saturated carbocycles. The predicted molar refractivity (Wildman–Crippen MR) is 119 cm³/mol. The summed E-state index contributed by atoms with van der Waals surface area (Å²) in [6, 6.07) is 11.0. The molecule has 4 aromatic rings. The van der Waals surface area contributed by atoms with E-state index in [0.29, 0.717) is 16.4 Å². The molecule has 3 heterocycles. The highest BCUT2D eigenvalue weighted by Gasteiger charge is 2.14. The van der Waals surface area contributed by atoms with Crippen LogP contribution in [0.25, 0.3) is 11.4 Å². The number of aryl methyl sites for hydroxylation is 1. The molecule has 156 valence electrons. The Balaban J connectivity index is 1.50. The van der Waals surface area contributed by atoms with Gasteiger partial charge in [0.15, 0.2) is 5.13 Å². The van der Waals surface area contributed by atoms with Crippen molar-refractivity contribution in [1.82, 2.24) is 14.5 Å². The summed E-state index contributed by atoms with van der Waals surface area (Å²) in [5.41, 5.74) is 3.81. The number of aromatic nitrogens is 3. The van der Waals surface area contributed by atoms with Crippen LogP contribution in [0.4, 0.5) is 9.52 Å². The maximum atomic E-state index is 13.8. The number of carbonyl (C=O) groups is 1. The van der Waals surface area contributed by atoms with Crippen molar-refractivity contribution in [1.29, 1.82) is 0 Å². The zero-order chi connectivity index (χ0) is 22.0. The molecule has 0 spiro atoms. The smallest absolute Gasteiger partial charge is 0.257 e. The third kappa shape index (κ3) is 4.44. The number of thiazole rings is 1. The molecule has 0 atom stereocenters. The Hall–Kier alpha value is -3.65. The first-order chi connectivity index (χ1) is 14.9. The Morgan fingerprint density at radius 1 is 1.19 bits per heavy atom. The lowest BCUT2D eigenvalue weighted by Crippen LogP contribution is -2.23. The van der Waals surface area contributed by atoms with Crippen molar-refractivity contribution in [2.24, 2.45) is 0 Å². The standard InChI is InChI=1S/C23H19FN4O2S/c1-14-7-9-25-21(15(14)2)19-13-31-23(26-19)27-22(30)16-8-10-28(20(29)11-16)12-17-5-3-4-6-18(17)24/h3-11,13H,12H2,1-2H3,(H,26,27,30). The fraction of sp³-hybridized carbons (Fsp3) is 0.130. The summed E-state index contributed by atoms with van der Waals surface area (Å²) in [4.78, 5) is 33.8. The SMILES string of the molecule is Cc1ccnc(-c2csc(NC(=O)c3ccn(Cc4ccccc4F)c(=O)c3)n2)c1C. The van der Waals surface area contributed by atoms with E-state index in [2.05, 4.69) is 15.3 Å². The molecule has 31 heavy (non-hydrogen) atoms. The van der Waals surface area contributed by atoms with Crippen molar-refractivity contribution in [3.63, 3.8) is 0 Å². The second-order valence-corrected chi connectivity index (χ2v) is 7.92. The minimum absolute atomic E-state index is 0.0894. The van der Waals surface area contributed by atoms with E-state index >= 15 is 0 Å². The van der Waals surface area contributed by atoms with Gasteiger partial charge in [0.25, 0.3) is 11.5 Å². The van der Waals surface area contributed by atoms with E-state index in [4.69, 9.17) is 0 Å². The van der Waals surface area contributed by atoms with Gasteiger partial charge >= 0.3 is 0 Å². The van der Waals surface area contributed by atoms with Gasteiger partial charge in [0.2, 0.25) is 0 Å². The first-order valence-corrected chi connectivity index (χ1v) is 10.4. The number of carbonyl (C=O) groups excluding carboxylic acids is 1. The molecule has 0 saturated heterocycles. The van der Waals surface area contributed by atoms with E-state index in [-0.39, 0.29) is 17.9 Å². The molecule has 1 aromatic carbocycles. The summed E-state index contributed by atoms with van der Waals surface area (Å²) in [7, 11) is 0. The molecule has 0 aliphatic rings. The normalized spacial score (nSPS) is 10.8. The van der Waals surface area contributed by atoms with Crippen molar-refractivity contribution in [3.05, 3.63) is 98.7 Å². The molecule has 0 bridgehead atoms. The fourth-order valence-corrected chi connectivity index (χ4v) is 3.78.